The van der Waals surface area contributed by atoms with Gasteiger partial charge in [0.2, 0.25) is 0 Å². The van der Waals surface area contributed by atoms with Crippen LogP contribution in [0.25, 0.3) is 0 Å². The zero-order chi connectivity index (χ0) is 9.52. The van der Waals surface area contributed by atoms with E-state index in [1.54, 1.807) is 0 Å². The first-order valence-corrected chi connectivity index (χ1v) is 6.54. The fourth-order valence-electron chi connectivity index (χ4n) is 1.69. The van der Waals surface area contributed by atoms with E-state index in [2.05, 4.69) is 23.6 Å². The van der Waals surface area contributed by atoms with Crippen LogP contribution >= 0.6 is 11.8 Å². The molecule has 1 rings (SSSR count). The number of rotatable bonds is 5. The maximum absolute atomic E-state index is 5.97. The third-order valence-electron chi connectivity index (χ3n) is 2.58. The summed E-state index contributed by atoms with van der Waals surface area (Å²) >= 11 is 2.07. The van der Waals surface area contributed by atoms with Crippen molar-refractivity contribution >= 4 is 11.8 Å². The van der Waals surface area contributed by atoms with Crippen LogP contribution in [-0.4, -0.2) is 42.1 Å². The second kappa shape index (κ2) is 6.68. The molecular formula is C10H22N2S. The number of hydrogen-bond acceptors (Lipinski definition) is 3. The highest BCUT2D eigenvalue weighted by Gasteiger charge is 2.11. The molecule has 0 aromatic heterocycles. The van der Waals surface area contributed by atoms with Gasteiger partial charge in [-0.15, -0.1) is 0 Å². The standard InChI is InChI=1S/C10H22N2S/c1-2-3-10(11)4-5-12-6-8-13-9-7-12/h10H,2-9,11H2,1H3. The molecule has 0 bridgehead atoms. The fourth-order valence-corrected chi connectivity index (χ4v) is 2.67. The van der Waals surface area contributed by atoms with Gasteiger partial charge in [0.1, 0.15) is 0 Å². The molecule has 1 unspecified atom stereocenters. The molecule has 0 saturated carbocycles. The Morgan fingerprint density at radius 3 is 2.62 bits per heavy atom. The second-order valence-corrected chi connectivity index (χ2v) is 5.02. The minimum atomic E-state index is 0.430. The van der Waals surface area contributed by atoms with Gasteiger partial charge in [0.15, 0.2) is 0 Å². The van der Waals surface area contributed by atoms with Crippen molar-refractivity contribution in [1.29, 1.82) is 0 Å². The number of nitrogens with two attached hydrogens (primary N) is 1. The number of hydrogen-bond donors (Lipinski definition) is 1. The highest BCUT2D eigenvalue weighted by molar-refractivity contribution is 7.99. The molecule has 0 amide bonds. The molecule has 0 radical (unpaired) electrons. The van der Waals surface area contributed by atoms with Gasteiger partial charge in [0.05, 0.1) is 0 Å². The monoisotopic (exact) mass is 202 g/mol. The molecule has 1 fully saturated rings. The van der Waals surface area contributed by atoms with Crippen molar-refractivity contribution in [3.05, 3.63) is 0 Å². The summed E-state index contributed by atoms with van der Waals surface area (Å²) in [4.78, 5) is 2.55. The normalized spacial score (nSPS) is 21.7. The maximum atomic E-state index is 5.97. The lowest BCUT2D eigenvalue weighted by atomic mass is 10.1. The van der Waals surface area contributed by atoms with Crippen LogP contribution in [0, 0.1) is 0 Å². The summed E-state index contributed by atoms with van der Waals surface area (Å²) in [6, 6.07) is 0.430. The summed E-state index contributed by atoms with van der Waals surface area (Å²) in [6.45, 7) is 5.95. The van der Waals surface area contributed by atoms with Crippen LogP contribution < -0.4 is 5.73 Å². The lowest BCUT2D eigenvalue weighted by molar-refractivity contribution is 0.286. The summed E-state index contributed by atoms with van der Waals surface area (Å²) in [5.74, 6) is 2.62. The molecular weight excluding hydrogens is 180 g/mol. The molecule has 1 atom stereocenters. The van der Waals surface area contributed by atoms with E-state index >= 15 is 0 Å². The van der Waals surface area contributed by atoms with Crippen LogP contribution in [0.15, 0.2) is 0 Å². The van der Waals surface area contributed by atoms with Crippen LogP contribution in [0.5, 0.6) is 0 Å². The Balaban J connectivity index is 2.03. The van der Waals surface area contributed by atoms with Gasteiger partial charge in [-0.25, -0.2) is 0 Å². The van der Waals surface area contributed by atoms with Crippen molar-refractivity contribution < 1.29 is 0 Å². The second-order valence-electron chi connectivity index (χ2n) is 3.79. The number of thioether (sulfide) groups is 1. The van der Waals surface area contributed by atoms with Crippen molar-refractivity contribution in [3.8, 4) is 0 Å². The maximum Gasteiger partial charge on any atom is 0.00727 e. The Morgan fingerprint density at radius 2 is 2.00 bits per heavy atom. The Labute approximate surface area is 86.2 Å². The van der Waals surface area contributed by atoms with Gasteiger partial charge in [-0.05, 0) is 19.4 Å². The molecule has 1 aliphatic rings. The van der Waals surface area contributed by atoms with Gasteiger partial charge >= 0.3 is 0 Å². The molecule has 3 heteroatoms. The third-order valence-corrected chi connectivity index (χ3v) is 3.52. The van der Waals surface area contributed by atoms with Gasteiger partial charge in [0, 0.05) is 30.6 Å². The van der Waals surface area contributed by atoms with Gasteiger partial charge in [-0.3, -0.25) is 0 Å². The molecule has 2 N–H and O–H groups in total. The average molecular weight is 202 g/mol. The minimum absolute atomic E-state index is 0.430. The van der Waals surface area contributed by atoms with Crippen LogP contribution in [-0.2, 0) is 0 Å². The fraction of sp³-hybridized carbons (Fsp3) is 1.00. The molecule has 1 aliphatic heterocycles. The molecule has 0 aliphatic carbocycles. The zero-order valence-electron chi connectivity index (χ0n) is 8.67. The quantitative estimate of drug-likeness (QED) is 0.733. The highest BCUT2D eigenvalue weighted by Crippen LogP contribution is 2.10. The van der Waals surface area contributed by atoms with Crippen molar-refractivity contribution in [1.82, 2.24) is 4.90 Å². The van der Waals surface area contributed by atoms with E-state index in [0.29, 0.717) is 6.04 Å². The third kappa shape index (κ3) is 4.89. The van der Waals surface area contributed by atoms with E-state index < -0.39 is 0 Å². The lowest BCUT2D eigenvalue weighted by Gasteiger charge is -2.27. The largest absolute Gasteiger partial charge is 0.328 e. The van der Waals surface area contributed by atoms with E-state index in [1.807, 2.05) is 0 Å². The molecule has 0 aromatic rings. The Bertz CT molecular complexity index is 124. The summed E-state index contributed by atoms with van der Waals surface area (Å²) in [6.07, 6.45) is 3.58. The van der Waals surface area contributed by atoms with E-state index in [1.165, 1.54) is 50.4 Å². The van der Waals surface area contributed by atoms with Crippen LogP contribution in [0.1, 0.15) is 26.2 Å². The molecule has 0 spiro atoms. The van der Waals surface area contributed by atoms with Crippen molar-refractivity contribution in [2.45, 2.75) is 32.2 Å². The minimum Gasteiger partial charge on any atom is -0.328 e. The highest BCUT2D eigenvalue weighted by atomic mass is 32.2. The van der Waals surface area contributed by atoms with Crippen LogP contribution in [0.3, 0.4) is 0 Å². The van der Waals surface area contributed by atoms with E-state index in [-0.39, 0.29) is 0 Å². The van der Waals surface area contributed by atoms with Gasteiger partial charge in [-0.1, -0.05) is 13.3 Å². The zero-order valence-corrected chi connectivity index (χ0v) is 9.48. The predicted molar refractivity (Wildman–Crippen MR) is 61.3 cm³/mol. The Morgan fingerprint density at radius 1 is 1.31 bits per heavy atom. The molecule has 1 heterocycles. The van der Waals surface area contributed by atoms with E-state index in [0.717, 1.165) is 0 Å². The van der Waals surface area contributed by atoms with Gasteiger partial charge in [0.25, 0.3) is 0 Å². The van der Waals surface area contributed by atoms with E-state index in [9.17, 15) is 0 Å². The number of nitrogens with zero attached hydrogens (tertiary/aromatic N) is 1. The molecule has 0 aromatic carbocycles. The molecule has 2 nitrogen and oxygen atoms in total. The average Bonchev–Trinajstić information content (AvgIpc) is 2.17. The van der Waals surface area contributed by atoms with Gasteiger partial charge in [-0.2, -0.15) is 11.8 Å². The summed E-state index contributed by atoms with van der Waals surface area (Å²) < 4.78 is 0. The van der Waals surface area contributed by atoms with Crippen LogP contribution in [0.4, 0.5) is 0 Å². The predicted octanol–water partition coefficient (Wildman–Crippen LogP) is 1.55. The Kier molecular flexibility index (Phi) is 5.83. The Hall–Kier alpha value is 0.270. The first-order chi connectivity index (χ1) is 6.33. The smallest absolute Gasteiger partial charge is 0.00727 e. The lowest BCUT2D eigenvalue weighted by Crippen LogP contribution is -2.36. The molecule has 1 saturated heterocycles. The van der Waals surface area contributed by atoms with Crippen LogP contribution in [0.2, 0.25) is 0 Å². The molecule has 78 valence electrons. The summed E-state index contributed by atoms with van der Waals surface area (Å²) in [5, 5.41) is 0. The summed E-state index contributed by atoms with van der Waals surface area (Å²) in [5.41, 5.74) is 5.97. The van der Waals surface area contributed by atoms with Crippen molar-refractivity contribution in [2.75, 3.05) is 31.1 Å². The first-order valence-electron chi connectivity index (χ1n) is 5.38. The summed E-state index contributed by atoms with van der Waals surface area (Å²) in [7, 11) is 0. The molecule has 13 heavy (non-hydrogen) atoms. The van der Waals surface area contributed by atoms with Crippen molar-refractivity contribution in [2.24, 2.45) is 5.73 Å². The van der Waals surface area contributed by atoms with Gasteiger partial charge < -0.3 is 10.6 Å². The van der Waals surface area contributed by atoms with E-state index in [4.69, 9.17) is 5.73 Å². The topological polar surface area (TPSA) is 29.3 Å². The van der Waals surface area contributed by atoms with Crippen molar-refractivity contribution in [3.63, 3.8) is 0 Å². The SMILES string of the molecule is CCCC(N)CCN1CCSCC1. The first kappa shape index (κ1) is 11.3.